The number of fused-ring (bicyclic) bond motifs is 2. The number of nitrogens with zero attached hydrogens (tertiary/aromatic N) is 9. The molecule has 23 heteroatoms. The van der Waals surface area contributed by atoms with Crippen molar-refractivity contribution in [2.75, 3.05) is 81.1 Å². The predicted molar refractivity (Wildman–Crippen MR) is 349 cm³/mol. The van der Waals surface area contributed by atoms with E-state index in [2.05, 4.69) is 52.4 Å². The standard InChI is InChI=1S/C69H72FN11O9S2/c1-42(2)61(66(86)81-35-49(82)32-54(81)65(85)71-34-45-18-21-48(22-19-45)63-43(3)72-41-91-63)56-33-59(76-90-56)80-39-69(40-80)37-78(38-69)28-9-17-60(83)77(4)27-8-11-44-20-24-55(52(70)31-44)89-30-10-13-47-23-25-58(74-62(47)67(87)88)79-29-26-46-12-7-14-50(51(46)36-79)64(84)75-68-73-53-15-5-6-16-57(53)92-68/h5-7,12,14-16,18-25,31,33,41-42,49,54,61,82H,9-10,13,17,26-30,32,34-40H2,1-4H3,(H,71,85)(H,87,88)(H,73,75,84)/t49-,54+,61+/m1/s1. The molecule has 20 nitrogen and oxygen atoms in total. The van der Waals surface area contributed by atoms with E-state index in [1.807, 2.05) is 97.9 Å². The SMILES string of the molecule is Cc1ncsc1-c1ccc(CNC(=O)[C@@H]2C[C@@H](O)CN2C(=O)[C@H](c2cc(N3CC4(CN(CCCC(=O)N(C)CC#Cc5ccc(OCCCc6ccc(N7CCc8cccc(C(=O)Nc9nc%10ccccc%10s9)c8C7)nc6C(=O)O)c(F)c5)C4)C3)no2)C(C)C)cc1. The Bertz CT molecular complexity index is 4090. The number of halogens is 1. The fourth-order valence-corrected chi connectivity index (χ4v) is 14.6. The molecule has 4 aromatic carbocycles. The Kier molecular flexibility index (Phi) is 18.8. The number of carboxylic acid groups (broad SMARTS) is 1. The first kappa shape index (κ1) is 63.1. The topological polar surface area (TPSA) is 240 Å². The highest BCUT2D eigenvalue weighted by Crippen LogP contribution is 2.43. The van der Waals surface area contributed by atoms with Gasteiger partial charge in [0.25, 0.3) is 5.91 Å². The first-order chi connectivity index (χ1) is 44.4. The summed E-state index contributed by atoms with van der Waals surface area (Å²) in [6.45, 7) is 11.6. The van der Waals surface area contributed by atoms with E-state index in [9.17, 15) is 34.2 Å². The molecular formula is C69H72FN11O9S2. The Morgan fingerprint density at radius 3 is 2.51 bits per heavy atom. The van der Waals surface area contributed by atoms with E-state index in [4.69, 9.17) is 9.26 Å². The summed E-state index contributed by atoms with van der Waals surface area (Å²) >= 11 is 2.99. The lowest BCUT2D eigenvalue weighted by Gasteiger charge is -2.60. The predicted octanol–water partition coefficient (Wildman–Crippen LogP) is 9.21. The van der Waals surface area contributed by atoms with Gasteiger partial charge < -0.3 is 49.3 Å². The molecule has 0 bridgehead atoms. The maximum Gasteiger partial charge on any atom is 0.354 e. The molecule has 4 N–H and O–H groups in total. The average Bonchev–Trinajstić information content (AvgIpc) is 0.943. The monoisotopic (exact) mass is 1280 g/mol. The summed E-state index contributed by atoms with van der Waals surface area (Å²) in [5.74, 6) is 4.03. The maximum absolute atomic E-state index is 15.2. The average molecular weight is 1280 g/mol. The molecule has 4 aliphatic heterocycles. The van der Waals surface area contributed by atoms with Gasteiger partial charge in [0.2, 0.25) is 17.7 Å². The highest BCUT2D eigenvalue weighted by molar-refractivity contribution is 7.22. The molecule has 3 atom stereocenters. The summed E-state index contributed by atoms with van der Waals surface area (Å²) in [5, 5.41) is 31.8. The number of ether oxygens (including phenoxy) is 1. The first-order valence-electron chi connectivity index (χ1n) is 31.1. The molecule has 3 fully saturated rings. The molecule has 4 aliphatic rings. The number of thiazole rings is 2. The zero-order valence-electron chi connectivity index (χ0n) is 51.7. The van der Waals surface area contributed by atoms with Crippen molar-refractivity contribution < 1.29 is 47.8 Å². The minimum absolute atomic E-state index is 0.0339. The Morgan fingerprint density at radius 2 is 1.75 bits per heavy atom. The van der Waals surface area contributed by atoms with E-state index in [0.29, 0.717) is 84.4 Å². The van der Waals surface area contributed by atoms with Crippen molar-refractivity contribution in [2.45, 2.75) is 90.4 Å². The van der Waals surface area contributed by atoms with Crippen LogP contribution < -0.4 is 25.2 Å². The summed E-state index contributed by atoms with van der Waals surface area (Å²) in [4.78, 5) is 91.1. The van der Waals surface area contributed by atoms with Crippen LogP contribution in [0.1, 0.15) is 106 Å². The fourth-order valence-electron chi connectivity index (χ4n) is 12.9. The third kappa shape index (κ3) is 14.0. The molecule has 476 valence electrons. The lowest BCUT2D eigenvalue weighted by atomic mass is 9.72. The van der Waals surface area contributed by atoms with E-state index < -0.39 is 29.9 Å². The van der Waals surface area contributed by atoms with E-state index >= 15 is 4.39 Å². The van der Waals surface area contributed by atoms with Crippen LogP contribution in [0.2, 0.25) is 0 Å². The van der Waals surface area contributed by atoms with Gasteiger partial charge in [0.1, 0.15) is 17.8 Å². The molecule has 12 rings (SSSR count). The Labute approximate surface area is 540 Å². The number of benzene rings is 4. The molecule has 0 aliphatic carbocycles. The minimum atomic E-state index is -1.16. The van der Waals surface area contributed by atoms with Crippen LogP contribution in [0, 0.1) is 35.9 Å². The third-order valence-electron chi connectivity index (χ3n) is 17.7. The second kappa shape index (κ2) is 27.4. The highest BCUT2D eigenvalue weighted by atomic mass is 32.1. The van der Waals surface area contributed by atoms with Gasteiger partial charge in [0.15, 0.2) is 34.0 Å². The van der Waals surface area contributed by atoms with E-state index in [0.717, 1.165) is 75.8 Å². The number of hydrogen-bond donors (Lipinski definition) is 4. The number of para-hydroxylation sites is 1. The number of aromatic carboxylic acids is 1. The molecule has 4 amide bonds. The summed E-state index contributed by atoms with van der Waals surface area (Å²) < 4.78 is 27.8. The normalized spacial score (nSPS) is 17.0. The van der Waals surface area contributed by atoms with Gasteiger partial charge in [0.05, 0.1) is 45.6 Å². The van der Waals surface area contributed by atoms with E-state index in [1.54, 1.807) is 47.5 Å². The summed E-state index contributed by atoms with van der Waals surface area (Å²) in [5.41, 5.74) is 8.99. The molecule has 0 unspecified atom stereocenters. The number of anilines is 3. The van der Waals surface area contributed by atoms with Gasteiger partial charge in [-0.3, -0.25) is 24.5 Å². The van der Waals surface area contributed by atoms with Crippen LogP contribution in [0.3, 0.4) is 0 Å². The minimum Gasteiger partial charge on any atom is -0.491 e. The molecule has 92 heavy (non-hydrogen) atoms. The summed E-state index contributed by atoms with van der Waals surface area (Å²) in [7, 11) is 1.70. The quantitative estimate of drug-likeness (QED) is 0.0365. The number of aromatic nitrogens is 4. The number of aryl methyl sites for hydroxylation is 2. The van der Waals surface area contributed by atoms with Gasteiger partial charge in [-0.2, -0.15) is 0 Å². The molecule has 1 spiro atoms. The highest BCUT2D eigenvalue weighted by Gasteiger charge is 2.52. The Balaban J connectivity index is 0.544. The van der Waals surface area contributed by atoms with Crippen LogP contribution in [0.15, 0.2) is 113 Å². The number of carbonyl (C=O) groups excluding carboxylic acids is 4. The number of carboxylic acids is 1. The van der Waals surface area contributed by atoms with Crippen molar-refractivity contribution >= 4 is 79.3 Å². The smallest absolute Gasteiger partial charge is 0.354 e. The van der Waals surface area contributed by atoms with Crippen molar-refractivity contribution in [2.24, 2.45) is 11.3 Å². The van der Waals surface area contributed by atoms with E-state index in [1.165, 1.54) is 28.4 Å². The molecule has 3 saturated heterocycles. The Hall–Kier alpha value is -9.08. The van der Waals surface area contributed by atoms with Crippen LogP contribution >= 0.6 is 22.7 Å². The second-order valence-electron chi connectivity index (χ2n) is 24.7. The number of likely N-dealkylation sites (tertiary alicyclic amines) is 2. The molecule has 4 aromatic heterocycles. The number of β-amino-alcohol motifs (C(OH)–C–C–N with tert-alkyl or cyclic N) is 1. The van der Waals surface area contributed by atoms with Crippen LogP contribution in [0.4, 0.5) is 21.2 Å². The number of nitrogens with one attached hydrogen (secondary N) is 2. The molecular weight excluding hydrogens is 1210 g/mol. The van der Waals surface area contributed by atoms with Gasteiger partial charge in [-0.15, -0.1) is 11.3 Å². The number of carbonyl (C=O) groups is 5. The van der Waals surface area contributed by atoms with Crippen LogP contribution in [-0.2, 0) is 40.3 Å². The number of aliphatic hydroxyl groups excluding tert-OH is 1. The summed E-state index contributed by atoms with van der Waals surface area (Å²) in [6, 6.07) is 30.3. The number of hydrogen-bond acceptors (Lipinski definition) is 17. The molecule has 0 radical (unpaired) electrons. The lowest BCUT2D eigenvalue weighted by molar-refractivity contribution is -0.141. The van der Waals surface area contributed by atoms with Crippen LogP contribution in [-0.4, -0.2) is 153 Å². The number of pyridine rings is 1. The largest absolute Gasteiger partial charge is 0.491 e. The van der Waals surface area contributed by atoms with Crippen molar-refractivity contribution in [1.29, 1.82) is 0 Å². The van der Waals surface area contributed by atoms with Crippen LogP contribution in [0.5, 0.6) is 5.75 Å². The number of aliphatic hydroxyl groups is 1. The number of amides is 4. The molecule has 0 saturated carbocycles. The van der Waals surface area contributed by atoms with Gasteiger partial charge in [-0.25, -0.2) is 24.1 Å². The van der Waals surface area contributed by atoms with Crippen molar-refractivity contribution in [3.8, 4) is 28.0 Å². The maximum atomic E-state index is 15.2. The van der Waals surface area contributed by atoms with Gasteiger partial charge in [0, 0.05) is 94.9 Å². The fraction of sp³-hybridized carbons (Fsp3) is 0.377. The van der Waals surface area contributed by atoms with Crippen molar-refractivity contribution in [3.05, 3.63) is 165 Å². The molecule has 8 heterocycles. The lowest BCUT2D eigenvalue weighted by Crippen LogP contribution is -2.72. The summed E-state index contributed by atoms with van der Waals surface area (Å²) in [6.07, 6.45) is 1.75. The zero-order chi connectivity index (χ0) is 64.2. The van der Waals surface area contributed by atoms with Gasteiger partial charge in [-0.05, 0) is 115 Å². The van der Waals surface area contributed by atoms with Crippen molar-refractivity contribution in [1.82, 2.24) is 40.1 Å². The van der Waals surface area contributed by atoms with Crippen LogP contribution in [0.25, 0.3) is 20.7 Å². The van der Waals surface area contributed by atoms with E-state index in [-0.39, 0.29) is 79.1 Å². The number of rotatable bonds is 22. The third-order valence-corrected chi connectivity index (χ3v) is 19.6. The second-order valence-corrected chi connectivity index (χ2v) is 26.6. The Morgan fingerprint density at radius 1 is 0.935 bits per heavy atom. The zero-order valence-corrected chi connectivity index (χ0v) is 53.3. The van der Waals surface area contributed by atoms with Gasteiger partial charge >= 0.3 is 5.97 Å². The molecule has 8 aromatic rings. The first-order valence-corrected chi connectivity index (χ1v) is 32.7. The van der Waals surface area contributed by atoms with Gasteiger partial charge in [-0.1, -0.05) is 96.8 Å². The van der Waals surface area contributed by atoms with Crippen molar-refractivity contribution in [3.63, 3.8) is 0 Å².